The standard InChI is InChI=1S/C19H31NO4S2/c21-19(22)15-10-4-5-11-16(15)25-17-12-6-7-13-18(17)26(23,24)20-14-8-2-1-3-9-14/h14-16H,1-13H2,(H2-,20,21,22,23,24). The second-order valence-electron chi connectivity index (χ2n) is 7.90. The van der Waals surface area contributed by atoms with Crippen molar-refractivity contribution in [3.8, 4) is 0 Å². The number of thioether (sulfide) groups is 1. The summed E-state index contributed by atoms with van der Waals surface area (Å²) in [4.78, 5) is 13.1. The van der Waals surface area contributed by atoms with Crippen molar-refractivity contribution >= 4 is 28.1 Å². The van der Waals surface area contributed by atoms with Gasteiger partial charge in [-0.1, -0.05) is 36.3 Å². The summed E-state index contributed by atoms with van der Waals surface area (Å²) in [5, 5.41) is 9.53. The number of nitrogens with one attached hydrogen (secondary N) is 1. The van der Waals surface area contributed by atoms with Crippen LogP contribution in [0, 0.1) is 5.92 Å². The Labute approximate surface area is 162 Å². The van der Waals surface area contributed by atoms with Crippen molar-refractivity contribution in [1.82, 2.24) is 4.72 Å². The zero-order chi connectivity index (χ0) is 18.6. The van der Waals surface area contributed by atoms with E-state index in [1.165, 1.54) is 6.42 Å². The van der Waals surface area contributed by atoms with Gasteiger partial charge in [0.15, 0.2) is 15.3 Å². The van der Waals surface area contributed by atoms with Gasteiger partial charge in [0.05, 0.1) is 12.0 Å². The lowest BCUT2D eigenvalue weighted by atomic mass is 9.89. The Bertz CT molecular complexity index is 586. The van der Waals surface area contributed by atoms with Crippen LogP contribution >= 0.6 is 11.8 Å². The van der Waals surface area contributed by atoms with Crippen LogP contribution in [0.25, 0.3) is 0 Å². The molecule has 0 spiro atoms. The SMILES string of the molecule is O=C(O)C1CCCCC1SC1=C([S+](=O)([O-])NC2CCCCC2)CCCC1. The smallest absolute Gasteiger partial charge is 0.307 e. The van der Waals surface area contributed by atoms with Gasteiger partial charge in [0.1, 0.15) is 0 Å². The predicted octanol–water partition coefficient (Wildman–Crippen LogP) is 4.62. The van der Waals surface area contributed by atoms with E-state index in [-0.39, 0.29) is 17.2 Å². The summed E-state index contributed by atoms with van der Waals surface area (Å²) in [6, 6.07) is 0.0656. The fourth-order valence-electron chi connectivity index (χ4n) is 4.47. The molecule has 0 heterocycles. The molecule has 0 radical (unpaired) electrons. The van der Waals surface area contributed by atoms with Gasteiger partial charge in [-0.25, -0.2) is 0 Å². The molecule has 0 saturated heterocycles. The van der Waals surface area contributed by atoms with Gasteiger partial charge in [-0.3, -0.25) is 4.79 Å². The molecule has 3 rings (SSSR count). The number of allylic oxidation sites excluding steroid dienone is 2. The summed E-state index contributed by atoms with van der Waals surface area (Å²) >= 11 is 1.55. The molecule has 2 N–H and O–H groups in total. The van der Waals surface area contributed by atoms with E-state index in [0.29, 0.717) is 17.7 Å². The molecule has 0 aliphatic heterocycles. The van der Waals surface area contributed by atoms with Crippen LogP contribution in [-0.4, -0.2) is 26.9 Å². The summed E-state index contributed by atoms with van der Waals surface area (Å²) in [5.74, 6) is -1.08. The molecule has 3 atom stereocenters. The van der Waals surface area contributed by atoms with Crippen LogP contribution in [0.4, 0.5) is 0 Å². The molecule has 0 aromatic heterocycles. The molecule has 0 bridgehead atoms. The Kier molecular flexibility index (Phi) is 7.22. The molecule has 148 valence electrons. The van der Waals surface area contributed by atoms with Crippen LogP contribution < -0.4 is 4.72 Å². The van der Waals surface area contributed by atoms with E-state index in [0.717, 1.165) is 69.1 Å². The van der Waals surface area contributed by atoms with Gasteiger partial charge in [-0.05, 0) is 44.9 Å². The molecular formula is C19H31NO4S2. The van der Waals surface area contributed by atoms with Crippen molar-refractivity contribution in [2.24, 2.45) is 5.92 Å². The van der Waals surface area contributed by atoms with Gasteiger partial charge in [-0.15, -0.1) is 16.5 Å². The molecule has 5 nitrogen and oxygen atoms in total. The Morgan fingerprint density at radius 1 is 1.00 bits per heavy atom. The fraction of sp³-hybridized carbons (Fsp3) is 0.842. The van der Waals surface area contributed by atoms with E-state index >= 15 is 0 Å². The number of carboxylic acid groups (broad SMARTS) is 1. The second kappa shape index (κ2) is 9.22. The van der Waals surface area contributed by atoms with E-state index in [9.17, 15) is 18.7 Å². The third kappa shape index (κ3) is 5.12. The van der Waals surface area contributed by atoms with Crippen LogP contribution in [-0.2, 0) is 19.4 Å². The van der Waals surface area contributed by atoms with Gasteiger partial charge < -0.3 is 9.66 Å². The summed E-state index contributed by atoms with van der Waals surface area (Å²) < 4.78 is 29.0. The minimum absolute atomic E-state index is 0.00855. The van der Waals surface area contributed by atoms with E-state index in [4.69, 9.17) is 0 Å². The molecule has 3 unspecified atom stereocenters. The number of carboxylic acids is 1. The molecule has 3 aliphatic rings. The van der Waals surface area contributed by atoms with Gasteiger partial charge in [0.2, 0.25) is 0 Å². The predicted molar refractivity (Wildman–Crippen MR) is 105 cm³/mol. The first-order valence-electron chi connectivity index (χ1n) is 10.1. The third-order valence-corrected chi connectivity index (χ3v) is 9.41. The Morgan fingerprint density at radius 3 is 2.38 bits per heavy atom. The average molecular weight is 402 g/mol. The van der Waals surface area contributed by atoms with Crippen molar-refractivity contribution < 1.29 is 18.7 Å². The number of aliphatic carboxylic acids is 1. The van der Waals surface area contributed by atoms with Crippen LogP contribution in [0.2, 0.25) is 0 Å². The molecule has 3 aliphatic carbocycles. The number of sulfonamides is 1. The van der Waals surface area contributed by atoms with E-state index < -0.39 is 16.4 Å². The van der Waals surface area contributed by atoms with Crippen molar-refractivity contribution in [2.45, 2.75) is 94.8 Å². The van der Waals surface area contributed by atoms with Gasteiger partial charge in [-0.2, -0.15) is 0 Å². The quantitative estimate of drug-likeness (QED) is 0.634. The fourth-order valence-corrected chi connectivity index (χ4v) is 8.14. The van der Waals surface area contributed by atoms with Crippen molar-refractivity contribution in [3.05, 3.63) is 9.81 Å². The van der Waals surface area contributed by atoms with Gasteiger partial charge in [0.25, 0.3) is 0 Å². The lowest BCUT2D eigenvalue weighted by Crippen LogP contribution is -2.41. The summed E-state index contributed by atoms with van der Waals surface area (Å²) in [7, 11) is -3.46. The minimum Gasteiger partial charge on any atom is -0.593 e. The molecule has 7 heteroatoms. The topological polar surface area (TPSA) is 89.5 Å². The highest BCUT2D eigenvalue weighted by Crippen LogP contribution is 2.44. The maximum Gasteiger partial charge on any atom is 0.307 e. The maximum atomic E-state index is 13.0. The second-order valence-corrected chi connectivity index (χ2v) is 11.0. The van der Waals surface area contributed by atoms with Crippen molar-refractivity contribution in [3.63, 3.8) is 0 Å². The van der Waals surface area contributed by atoms with Crippen molar-refractivity contribution in [2.75, 3.05) is 0 Å². The highest BCUT2D eigenvalue weighted by atomic mass is 32.3. The van der Waals surface area contributed by atoms with Crippen LogP contribution in [0.5, 0.6) is 0 Å². The minimum atomic E-state index is -3.46. The van der Waals surface area contributed by atoms with E-state index in [1.54, 1.807) is 11.8 Å². The first kappa shape index (κ1) is 20.4. The average Bonchev–Trinajstić information content (AvgIpc) is 2.63. The molecule has 0 aromatic carbocycles. The Hall–Kier alpha value is -0.370. The Morgan fingerprint density at radius 2 is 1.65 bits per heavy atom. The first-order chi connectivity index (χ1) is 12.5. The lowest BCUT2D eigenvalue weighted by Gasteiger charge is -2.32. The number of rotatable bonds is 6. The summed E-state index contributed by atoms with van der Waals surface area (Å²) in [5.41, 5.74) is 0. The number of carbonyl (C=O) groups is 1. The lowest BCUT2D eigenvalue weighted by molar-refractivity contribution is -0.142. The molecule has 2 saturated carbocycles. The molecule has 26 heavy (non-hydrogen) atoms. The molecule has 2 fully saturated rings. The summed E-state index contributed by atoms with van der Waals surface area (Å²) in [6.45, 7) is 0. The molecule has 0 aromatic rings. The maximum absolute atomic E-state index is 13.0. The zero-order valence-corrected chi connectivity index (χ0v) is 17.0. The normalized spacial score (nSPS) is 30.8. The first-order valence-corrected chi connectivity index (χ1v) is 12.5. The summed E-state index contributed by atoms with van der Waals surface area (Å²) in [6.07, 6.45) is 12.1. The van der Waals surface area contributed by atoms with E-state index in [1.807, 2.05) is 0 Å². The highest BCUT2D eigenvalue weighted by Gasteiger charge is 2.37. The highest BCUT2D eigenvalue weighted by molar-refractivity contribution is 8.05. The van der Waals surface area contributed by atoms with Crippen LogP contribution in [0.15, 0.2) is 9.81 Å². The molecular weight excluding hydrogens is 370 g/mol. The van der Waals surface area contributed by atoms with Crippen LogP contribution in [0.1, 0.15) is 83.5 Å². The van der Waals surface area contributed by atoms with E-state index in [2.05, 4.69) is 4.72 Å². The van der Waals surface area contributed by atoms with Gasteiger partial charge >= 0.3 is 5.97 Å². The zero-order valence-electron chi connectivity index (χ0n) is 15.4. The molecule has 0 amide bonds. The number of hydrogen-bond donors (Lipinski definition) is 2. The largest absolute Gasteiger partial charge is 0.593 e. The number of hydrogen-bond acceptors (Lipinski definition) is 4. The van der Waals surface area contributed by atoms with Crippen LogP contribution in [0.3, 0.4) is 0 Å². The van der Waals surface area contributed by atoms with Gasteiger partial charge in [0, 0.05) is 16.6 Å². The van der Waals surface area contributed by atoms with Crippen molar-refractivity contribution in [1.29, 1.82) is 0 Å². The monoisotopic (exact) mass is 401 g/mol. The third-order valence-electron chi connectivity index (χ3n) is 5.93. The Balaban J connectivity index is 1.76.